The molecular weight excluding hydrogens is 216 g/mol. The van der Waals surface area contributed by atoms with Crippen molar-refractivity contribution in [3.05, 3.63) is 16.7 Å². The highest BCUT2D eigenvalue weighted by molar-refractivity contribution is 7.71. The molecule has 1 aromatic rings. The largest absolute Gasteiger partial charge is 0.337 e. The zero-order chi connectivity index (χ0) is 11.5. The highest BCUT2D eigenvalue weighted by Gasteiger charge is 2.22. The summed E-state index contributed by atoms with van der Waals surface area (Å²) in [5.41, 5.74) is 1.28. The SMILES string of the molecule is CCCC1CCC(n2c(C)c[nH]c2=S)CC1. The van der Waals surface area contributed by atoms with E-state index in [1.807, 2.05) is 6.20 Å². The van der Waals surface area contributed by atoms with E-state index in [2.05, 4.69) is 23.4 Å². The van der Waals surface area contributed by atoms with Gasteiger partial charge in [-0.05, 0) is 50.7 Å². The van der Waals surface area contributed by atoms with Crippen LogP contribution in [0, 0.1) is 17.6 Å². The molecule has 1 aliphatic rings. The minimum atomic E-state index is 0.645. The molecule has 0 radical (unpaired) electrons. The van der Waals surface area contributed by atoms with Gasteiger partial charge in [0.1, 0.15) is 0 Å². The molecule has 1 aromatic heterocycles. The fraction of sp³-hybridized carbons (Fsp3) is 0.769. The lowest BCUT2D eigenvalue weighted by Crippen LogP contribution is -2.19. The van der Waals surface area contributed by atoms with Crippen molar-refractivity contribution < 1.29 is 0 Å². The third-order valence-electron chi connectivity index (χ3n) is 3.88. The number of rotatable bonds is 3. The molecule has 0 spiro atoms. The molecule has 0 bridgehead atoms. The van der Waals surface area contributed by atoms with Gasteiger partial charge in [0.2, 0.25) is 0 Å². The van der Waals surface area contributed by atoms with Crippen LogP contribution < -0.4 is 0 Å². The Kier molecular flexibility index (Phi) is 3.85. The molecule has 1 aliphatic carbocycles. The summed E-state index contributed by atoms with van der Waals surface area (Å²) in [6.07, 6.45) is 10.1. The minimum Gasteiger partial charge on any atom is -0.337 e. The van der Waals surface area contributed by atoms with E-state index in [0.29, 0.717) is 6.04 Å². The lowest BCUT2D eigenvalue weighted by molar-refractivity contribution is 0.259. The molecule has 1 N–H and O–H groups in total. The molecule has 1 fully saturated rings. The van der Waals surface area contributed by atoms with Gasteiger partial charge < -0.3 is 9.55 Å². The normalized spacial score (nSPS) is 25.9. The topological polar surface area (TPSA) is 20.7 Å². The highest BCUT2D eigenvalue weighted by atomic mass is 32.1. The summed E-state index contributed by atoms with van der Waals surface area (Å²) in [5.74, 6) is 0.967. The molecule has 0 unspecified atom stereocenters. The highest BCUT2D eigenvalue weighted by Crippen LogP contribution is 2.35. The second-order valence-corrected chi connectivity index (χ2v) is 5.46. The predicted molar refractivity (Wildman–Crippen MR) is 70.3 cm³/mol. The van der Waals surface area contributed by atoms with E-state index in [1.165, 1.54) is 44.2 Å². The second-order valence-electron chi connectivity index (χ2n) is 5.07. The van der Waals surface area contributed by atoms with E-state index in [4.69, 9.17) is 12.2 Å². The summed E-state index contributed by atoms with van der Waals surface area (Å²) in [7, 11) is 0. The number of nitrogens with zero attached hydrogens (tertiary/aromatic N) is 1. The Hall–Kier alpha value is -0.570. The van der Waals surface area contributed by atoms with Crippen molar-refractivity contribution in [1.29, 1.82) is 0 Å². The van der Waals surface area contributed by atoms with E-state index >= 15 is 0 Å². The van der Waals surface area contributed by atoms with Gasteiger partial charge in [-0.15, -0.1) is 0 Å². The molecule has 0 aliphatic heterocycles. The van der Waals surface area contributed by atoms with Crippen molar-refractivity contribution in [3.63, 3.8) is 0 Å². The van der Waals surface area contributed by atoms with Gasteiger partial charge in [0.15, 0.2) is 4.77 Å². The van der Waals surface area contributed by atoms with Crippen LogP contribution in [0.15, 0.2) is 6.20 Å². The van der Waals surface area contributed by atoms with Crippen LogP contribution in [0.1, 0.15) is 57.2 Å². The number of aromatic amines is 1. The van der Waals surface area contributed by atoms with Crippen LogP contribution in [0.25, 0.3) is 0 Å². The lowest BCUT2D eigenvalue weighted by Gasteiger charge is -2.29. The average Bonchev–Trinajstić information content (AvgIpc) is 2.61. The Labute approximate surface area is 103 Å². The zero-order valence-corrected chi connectivity index (χ0v) is 11.1. The van der Waals surface area contributed by atoms with Crippen molar-refractivity contribution in [1.82, 2.24) is 9.55 Å². The fourth-order valence-electron chi connectivity index (χ4n) is 3.02. The predicted octanol–water partition coefficient (Wildman–Crippen LogP) is 4.39. The summed E-state index contributed by atoms with van der Waals surface area (Å²) in [4.78, 5) is 3.15. The number of H-pyrrole nitrogens is 1. The fourth-order valence-corrected chi connectivity index (χ4v) is 3.37. The van der Waals surface area contributed by atoms with Crippen LogP contribution in [0.5, 0.6) is 0 Å². The summed E-state index contributed by atoms with van der Waals surface area (Å²) in [5, 5.41) is 0. The summed E-state index contributed by atoms with van der Waals surface area (Å²) >= 11 is 5.34. The van der Waals surface area contributed by atoms with Gasteiger partial charge in [-0.25, -0.2) is 0 Å². The molecule has 0 saturated heterocycles. The number of hydrogen-bond donors (Lipinski definition) is 1. The standard InChI is InChI=1S/C13H22N2S/c1-3-4-11-5-7-12(8-6-11)15-10(2)9-14-13(15)16/h9,11-12H,3-8H2,1-2H3,(H,14,16). The van der Waals surface area contributed by atoms with Crippen LogP contribution in [-0.4, -0.2) is 9.55 Å². The quantitative estimate of drug-likeness (QED) is 0.775. The van der Waals surface area contributed by atoms with Crippen LogP contribution in [0.2, 0.25) is 0 Å². The maximum Gasteiger partial charge on any atom is 0.177 e. The molecule has 3 heteroatoms. The summed E-state index contributed by atoms with van der Waals surface area (Å²) in [6.45, 7) is 4.43. The third-order valence-corrected chi connectivity index (χ3v) is 4.20. The Morgan fingerprint density at radius 2 is 2.06 bits per heavy atom. The molecule has 1 saturated carbocycles. The molecule has 0 atom stereocenters. The molecule has 1 heterocycles. The van der Waals surface area contributed by atoms with E-state index in [9.17, 15) is 0 Å². The van der Waals surface area contributed by atoms with Crippen molar-refractivity contribution in [3.8, 4) is 0 Å². The first-order chi connectivity index (χ1) is 7.72. The van der Waals surface area contributed by atoms with E-state index in [1.54, 1.807) is 0 Å². The number of aryl methyl sites for hydroxylation is 1. The summed E-state index contributed by atoms with van der Waals surface area (Å²) in [6, 6.07) is 0.645. The molecule has 2 rings (SSSR count). The van der Waals surface area contributed by atoms with Gasteiger partial charge >= 0.3 is 0 Å². The van der Waals surface area contributed by atoms with Crippen LogP contribution in [0.4, 0.5) is 0 Å². The van der Waals surface area contributed by atoms with Crippen molar-refractivity contribution in [2.24, 2.45) is 5.92 Å². The lowest BCUT2D eigenvalue weighted by atomic mass is 9.83. The minimum absolute atomic E-state index is 0.645. The second kappa shape index (κ2) is 5.17. The van der Waals surface area contributed by atoms with Crippen molar-refractivity contribution >= 4 is 12.2 Å². The first-order valence-corrected chi connectivity index (χ1v) is 6.89. The van der Waals surface area contributed by atoms with Crippen molar-refractivity contribution in [2.75, 3.05) is 0 Å². The molecular formula is C13H22N2S. The van der Waals surface area contributed by atoms with Crippen LogP contribution in [-0.2, 0) is 0 Å². The molecule has 90 valence electrons. The number of nitrogens with one attached hydrogen (secondary N) is 1. The summed E-state index contributed by atoms with van der Waals surface area (Å²) < 4.78 is 3.22. The molecule has 16 heavy (non-hydrogen) atoms. The van der Waals surface area contributed by atoms with Gasteiger partial charge in [-0.2, -0.15) is 0 Å². The van der Waals surface area contributed by atoms with Crippen LogP contribution >= 0.6 is 12.2 Å². The first kappa shape index (κ1) is 11.9. The van der Waals surface area contributed by atoms with Gasteiger partial charge in [0, 0.05) is 17.9 Å². The van der Waals surface area contributed by atoms with Gasteiger partial charge in [-0.3, -0.25) is 0 Å². The third kappa shape index (κ3) is 2.40. The maximum absolute atomic E-state index is 5.34. The Morgan fingerprint density at radius 3 is 2.56 bits per heavy atom. The van der Waals surface area contributed by atoms with Gasteiger partial charge in [-0.1, -0.05) is 19.8 Å². The number of hydrogen-bond acceptors (Lipinski definition) is 1. The maximum atomic E-state index is 5.34. The smallest absolute Gasteiger partial charge is 0.177 e. The van der Waals surface area contributed by atoms with Gasteiger partial charge in [0.05, 0.1) is 0 Å². The molecule has 0 aromatic carbocycles. The molecule has 0 amide bonds. The Bertz CT molecular complexity index is 383. The van der Waals surface area contributed by atoms with E-state index in [0.717, 1.165) is 10.7 Å². The Morgan fingerprint density at radius 1 is 1.38 bits per heavy atom. The number of imidazole rings is 1. The first-order valence-electron chi connectivity index (χ1n) is 6.49. The average molecular weight is 238 g/mol. The van der Waals surface area contributed by atoms with Crippen molar-refractivity contribution in [2.45, 2.75) is 58.4 Å². The van der Waals surface area contributed by atoms with Crippen LogP contribution in [0.3, 0.4) is 0 Å². The zero-order valence-electron chi connectivity index (χ0n) is 10.3. The van der Waals surface area contributed by atoms with E-state index < -0.39 is 0 Å². The number of aromatic nitrogens is 2. The van der Waals surface area contributed by atoms with Gasteiger partial charge in [0.25, 0.3) is 0 Å². The monoisotopic (exact) mass is 238 g/mol. The Balaban J connectivity index is 2.02. The van der Waals surface area contributed by atoms with E-state index in [-0.39, 0.29) is 0 Å². The molecule has 2 nitrogen and oxygen atoms in total.